The molecule has 0 radical (unpaired) electrons. The van der Waals surface area contributed by atoms with E-state index in [4.69, 9.17) is 4.55 Å². The minimum atomic E-state index is -6.37. The van der Waals surface area contributed by atoms with Crippen LogP contribution in [0.5, 0.6) is 0 Å². The maximum absolute atomic E-state index is 13.2. The van der Waals surface area contributed by atoms with Crippen molar-refractivity contribution in [2.45, 2.75) is 75.6 Å². The third kappa shape index (κ3) is 5.69. The van der Waals surface area contributed by atoms with Gasteiger partial charge in [-0.2, -0.15) is 26.0 Å². The van der Waals surface area contributed by atoms with Crippen molar-refractivity contribution in [1.82, 2.24) is 0 Å². The monoisotopic (exact) mass is 340 g/mol. The maximum Gasteiger partial charge on any atom is 0.434 e. The van der Waals surface area contributed by atoms with Crippen molar-refractivity contribution in [3.05, 3.63) is 0 Å². The Morgan fingerprint density at radius 3 is 1.81 bits per heavy atom. The Morgan fingerprint density at radius 1 is 0.952 bits per heavy atom. The molecule has 0 aliphatic carbocycles. The Hall–Kier alpha value is -0.440. The van der Waals surface area contributed by atoms with Crippen molar-refractivity contribution in [2.75, 3.05) is 0 Å². The lowest BCUT2D eigenvalue weighted by molar-refractivity contribution is -0.198. The molecule has 0 heterocycles. The van der Waals surface area contributed by atoms with E-state index in [0.717, 1.165) is 25.7 Å². The van der Waals surface area contributed by atoms with Gasteiger partial charge in [0.15, 0.2) is 6.17 Å². The molecule has 1 atom stereocenters. The molecule has 1 N–H and O–H groups in total. The average Bonchev–Trinajstić information content (AvgIpc) is 2.35. The summed E-state index contributed by atoms with van der Waals surface area (Å²) < 4.78 is 93.7. The summed E-state index contributed by atoms with van der Waals surface area (Å²) in [5.41, 5.74) is 0. The zero-order valence-electron chi connectivity index (χ0n) is 11.8. The summed E-state index contributed by atoms with van der Waals surface area (Å²) in [6.07, 6.45) is 0.689. The van der Waals surface area contributed by atoms with Crippen LogP contribution in [0.2, 0.25) is 0 Å². The molecule has 9 heteroatoms. The van der Waals surface area contributed by atoms with Crippen LogP contribution in [0.25, 0.3) is 0 Å². The van der Waals surface area contributed by atoms with Crippen molar-refractivity contribution in [2.24, 2.45) is 0 Å². The van der Waals surface area contributed by atoms with Crippen molar-refractivity contribution in [3.8, 4) is 0 Å². The van der Waals surface area contributed by atoms with E-state index < -0.39 is 33.9 Å². The van der Waals surface area contributed by atoms with E-state index in [1.807, 2.05) is 6.92 Å². The molecule has 3 nitrogen and oxygen atoms in total. The van der Waals surface area contributed by atoms with Gasteiger partial charge in [0.25, 0.3) is 0 Å². The molecule has 0 aromatic carbocycles. The van der Waals surface area contributed by atoms with Crippen LogP contribution in [0, 0.1) is 0 Å². The van der Waals surface area contributed by atoms with E-state index in [0.29, 0.717) is 12.8 Å². The van der Waals surface area contributed by atoms with Crippen molar-refractivity contribution >= 4 is 10.1 Å². The summed E-state index contributed by atoms with van der Waals surface area (Å²) in [5.74, 6) is -5.46. The molecule has 0 saturated carbocycles. The van der Waals surface area contributed by atoms with Gasteiger partial charge in [0, 0.05) is 0 Å². The SMILES string of the molecule is CCCCCCCCCC(F)C(F)(F)C(F)(F)S(=O)(=O)O. The normalized spacial score (nSPS) is 15.2. The molecule has 21 heavy (non-hydrogen) atoms. The standard InChI is InChI=1S/C12H21F5O3S/c1-2-3-4-5-6-7-8-9-10(13)11(14,15)12(16,17)21(18,19)20/h10H,2-9H2,1H3,(H,18,19,20). The summed E-state index contributed by atoms with van der Waals surface area (Å²) in [7, 11) is -6.37. The molecule has 0 aliphatic heterocycles. The second kappa shape index (κ2) is 8.26. The van der Waals surface area contributed by atoms with Gasteiger partial charge in [-0.3, -0.25) is 4.55 Å². The fourth-order valence-electron chi connectivity index (χ4n) is 1.82. The molecule has 0 bridgehead atoms. The van der Waals surface area contributed by atoms with Gasteiger partial charge in [-0.15, -0.1) is 0 Å². The van der Waals surface area contributed by atoms with Crippen LogP contribution in [0.15, 0.2) is 0 Å². The molecule has 0 aromatic rings. The molecule has 0 saturated heterocycles. The van der Waals surface area contributed by atoms with Crippen LogP contribution in [-0.2, 0) is 10.1 Å². The second-order valence-corrected chi connectivity index (χ2v) is 6.46. The summed E-state index contributed by atoms with van der Waals surface area (Å²) in [4.78, 5) is 0. The van der Waals surface area contributed by atoms with Gasteiger partial charge >= 0.3 is 21.3 Å². The van der Waals surface area contributed by atoms with E-state index >= 15 is 0 Å². The second-order valence-electron chi connectivity index (χ2n) is 4.99. The molecule has 128 valence electrons. The van der Waals surface area contributed by atoms with E-state index in [1.54, 1.807) is 0 Å². The van der Waals surface area contributed by atoms with Gasteiger partial charge in [-0.1, -0.05) is 51.9 Å². The number of hydrogen-bond acceptors (Lipinski definition) is 2. The van der Waals surface area contributed by atoms with Gasteiger partial charge in [0.1, 0.15) is 0 Å². The topological polar surface area (TPSA) is 54.4 Å². The summed E-state index contributed by atoms with van der Waals surface area (Å²) in [5, 5.41) is -5.83. The predicted octanol–water partition coefficient (Wildman–Crippen LogP) is 4.58. The molecule has 0 aromatic heterocycles. The highest BCUT2D eigenvalue weighted by Gasteiger charge is 2.69. The van der Waals surface area contributed by atoms with E-state index in [9.17, 15) is 30.4 Å². The van der Waals surface area contributed by atoms with Gasteiger partial charge in [-0.25, -0.2) is 4.39 Å². The summed E-state index contributed by atoms with van der Waals surface area (Å²) in [6, 6.07) is 0. The Balaban J connectivity index is 4.29. The molecule has 0 rings (SSSR count). The third-order valence-electron chi connectivity index (χ3n) is 3.17. The maximum atomic E-state index is 13.2. The van der Waals surface area contributed by atoms with E-state index in [2.05, 4.69) is 0 Å². The lowest BCUT2D eigenvalue weighted by Gasteiger charge is -2.26. The number of rotatable bonds is 11. The first-order valence-electron chi connectivity index (χ1n) is 6.85. The zero-order valence-corrected chi connectivity index (χ0v) is 12.6. The van der Waals surface area contributed by atoms with Crippen LogP contribution in [0.3, 0.4) is 0 Å². The highest BCUT2D eigenvalue weighted by atomic mass is 32.2. The Bertz CT molecular complexity index is 398. The van der Waals surface area contributed by atoms with Crippen LogP contribution in [0.4, 0.5) is 22.0 Å². The fourth-order valence-corrected chi connectivity index (χ4v) is 2.29. The van der Waals surface area contributed by atoms with Gasteiger partial charge in [0.05, 0.1) is 0 Å². The van der Waals surface area contributed by atoms with E-state index in [-0.39, 0.29) is 6.42 Å². The number of unbranched alkanes of at least 4 members (excludes halogenated alkanes) is 6. The first kappa shape index (κ1) is 20.6. The van der Waals surface area contributed by atoms with E-state index in [1.165, 1.54) is 0 Å². The summed E-state index contributed by atoms with van der Waals surface area (Å²) in [6.45, 7) is 2.02. The molecule has 0 amide bonds. The molecule has 1 unspecified atom stereocenters. The minimum Gasteiger partial charge on any atom is -0.281 e. The molecular formula is C12H21F5O3S. The quantitative estimate of drug-likeness (QED) is 0.340. The van der Waals surface area contributed by atoms with Crippen LogP contribution < -0.4 is 0 Å². The third-order valence-corrected chi connectivity index (χ3v) is 4.09. The fraction of sp³-hybridized carbons (Fsp3) is 1.00. The smallest absolute Gasteiger partial charge is 0.281 e. The predicted molar refractivity (Wildman–Crippen MR) is 68.9 cm³/mol. The van der Waals surface area contributed by atoms with Crippen molar-refractivity contribution in [3.63, 3.8) is 0 Å². The first-order valence-corrected chi connectivity index (χ1v) is 8.29. The minimum absolute atomic E-state index is 0.0512. The molecule has 0 fully saturated rings. The molecule has 0 aliphatic rings. The van der Waals surface area contributed by atoms with Gasteiger partial charge in [-0.05, 0) is 6.42 Å². The first-order chi connectivity index (χ1) is 9.48. The molecule has 0 spiro atoms. The Kier molecular flexibility index (Phi) is 8.09. The summed E-state index contributed by atoms with van der Waals surface area (Å²) >= 11 is 0. The lowest BCUT2D eigenvalue weighted by atomic mass is 10.0. The van der Waals surface area contributed by atoms with Crippen LogP contribution in [0.1, 0.15) is 58.3 Å². The zero-order chi connectivity index (χ0) is 16.7. The Morgan fingerprint density at radius 2 is 1.38 bits per heavy atom. The molecular weight excluding hydrogens is 319 g/mol. The lowest BCUT2D eigenvalue weighted by Crippen LogP contribution is -2.52. The number of alkyl halides is 5. The highest BCUT2D eigenvalue weighted by Crippen LogP contribution is 2.43. The van der Waals surface area contributed by atoms with Gasteiger partial charge in [0.2, 0.25) is 0 Å². The highest BCUT2D eigenvalue weighted by molar-refractivity contribution is 7.87. The Labute approximate surface area is 121 Å². The van der Waals surface area contributed by atoms with Gasteiger partial charge < -0.3 is 0 Å². The van der Waals surface area contributed by atoms with Crippen molar-refractivity contribution < 1.29 is 34.9 Å². The number of hydrogen-bond donors (Lipinski definition) is 1. The van der Waals surface area contributed by atoms with Crippen molar-refractivity contribution in [1.29, 1.82) is 0 Å². The van der Waals surface area contributed by atoms with Crippen LogP contribution in [-0.4, -0.2) is 30.3 Å². The number of halogens is 5. The average molecular weight is 340 g/mol. The van der Waals surface area contributed by atoms with Crippen LogP contribution >= 0.6 is 0 Å². The largest absolute Gasteiger partial charge is 0.434 e.